The van der Waals surface area contributed by atoms with Crippen molar-refractivity contribution in [3.63, 3.8) is 0 Å². The molecular weight excluding hydrogens is 363 g/mol. The number of imidazole rings is 1. The van der Waals surface area contributed by atoms with Gasteiger partial charge in [0.25, 0.3) is 0 Å². The van der Waals surface area contributed by atoms with Gasteiger partial charge in [0.2, 0.25) is 0 Å². The number of pyridine rings is 1. The van der Waals surface area contributed by atoms with Crippen LogP contribution in [0.25, 0.3) is 5.65 Å². The Morgan fingerprint density at radius 2 is 2.00 bits per heavy atom. The molecule has 3 rings (SSSR count). The molecule has 0 aliphatic rings. The highest BCUT2D eigenvalue weighted by molar-refractivity contribution is 7.99. The predicted octanol–water partition coefficient (Wildman–Crippen LogP) is 3.84. The van der Waals surface area contributed by atoms with Gasteiger partial charge >= 0.3 is 5.97 Å². The minimum Gasteiger partial charge on any atom is -0.481 e. The van der Waals surface area contributed by atoms with Gasteiger partial charge < -0.3 is 5.11 Å². The van der Waals surface area contributed by atoms with Crippen molar-refractivity contribution in [2.45, 2.75) is 5.75 Å². The number of nitrogens with zero attached hydrogens (tertiary/aromatic N) is 2. The van der Waals surface area contributed by atoms with Crippen LogP contribution in [-0.4, -0.2) is 26.2 Å². The SMILES string of the molecule is O=C(O)CSCc1nc2ccc(Cl)cn2c1C#Cc1ccc(F)cc1. The maximum Gasteiger partial charge on any atom is 0.313 e. The number of carboxylic acid groups (broad SMARTS) is 1. The number of carboxylic acids is 1. The van der Waals surface area contributed by atoms with Crippen LogP contribution in [0, 0.1) is 17.7 Å². The zero-order valence-electron chi connectivity index (χ0n) is 12.9. The van der Waals surface area contributed by atoms with Crippen molar-refractivity contribution in [2.75, 3.05) is 5.75 Å². The number of halogens is 2. The molecule has 0 unspecified atom stereocenters. The molecule has 0 aliphatic heterocycles. The van der Waals surface area contributed by atoms with Crippen LogP contribution in [0.2, 0.25) is 5.02 Å². The summed E-state index contributed by atoms with van der Waals surface area (Å²) < 4.78 is 14.8. The average Bonchev–Trinajstić information content (AvgIpc) is 2.91. The Balaban J connectivity index is 1.99. The molecule has 25 heavy (non-hydrogen) atoms. The number of thioether (sulfide) groups is 1. The summed E-state index contributed by atoms with van der Waals surface area (Å²) in [4.78, 5) is 15.2. The first-order chi connectivity index (χ1) is 12.0. The van der Waals surface area contributed by atoms with Gasteiger partial charge in [-0.25, -0.2) is 9.37 Å². The lowest BCUT2D eigenvalue weighted by atomic mass is 10.2. The van der Waals surface area contributed by atoms with Crippen LogP contribution in [0.4, 0.5) is 4.39 Å². The lowest BCUT2D eigenvalue weighted by Crippen LogP contribution is -1.99. The summed E-state index contributed by atoms with van der Waals surface area (Å²) in [5.41, 5.74) is 2.67. The number of hydrogen-bond donors (Lipinski definition) is 1. The van der Waals surface area contributed by atoms with Gasteiger partial charge in [0.05, 0.1) is 16.5 Å². The Kier molecular flexibility index (Phi) is 5.27. The first kappa shape index (κ1) is 17.3. The Bertz CT molecular complexity index is 990. The summed E-state index contributed by atoms with van der Waals surface area (Å²) in [5.74, 6) is 5.23. The summed E-state index contributed by atoms with van der Waals surface area (Å²) in [6.07, 6.45) is 1.71. The second-order valence-corrected chi connectivity index (χ2v) is 6.55. The highest BCUT2D eigenvalue weighted by atomic mass is 35.5. The number of hydrogen-bond acceptors (Lipinski definition) is 3. The van der Waals surface area contributed by atoms with Crippen LogP contribution in [0.15, 0.2) is 42.6 Å². The summed E-state index contributed by atoms with van der Waals surface area (Å²) >= 11 is 7.30. The zero-order chi connectivity index (χ0) is 17.8. The molecule has 3 aromatic rings. The molecule has 126 valence electrons. The molecule has 0 radical (unpaired) electrons. The largest absolute Gasteiger partial charge is 0.481 e. The summed E-state index contributed by atoms with van der Waals surface area (Å²) in [6, 6.07) is 9.39. The van der Waals surface area contributed by atoms with E-state index in [2.05, 4.69) is 16.8 Å². The Labute approximate surface area is 152 Å². The molecule has 0 bridgehead atoms. The minimum absolute atomic E-state index is 0.0144. The second-order valence-electron chi connectivity index (χ2n) is 5.13. The number of benzene rings is 1. The molecule has 0 saturated carbocycles. The molecule has 0 atom stereocenters. The van der Waals surface area contributed by atoms with E-state index in [1.165, 1.54) is 23.9 Å². The van der Waals surface area contributed by atoms with Crippen molar-refractivity contribution < 1.29 is 14.3 Å². The lowest BCUT2D eigenvalue weighted by molar-refractivity contribution is -0.133. The molecule has 4 nitrogen and oxygen atoms in total. The van der Waals surface area contributed by atoms with Gasteiger partial charge in [0, 0.05) is 17.5 Å². The van der Waals surface area contributed by atoms with Crippen molar-refractivity contribution in [1.82, 2.24) is 9.38 Å². The molecule has 0 fully saturated rings. The van der Waals surface area contributed by atoms with E-state index in [-0.39, 0.29) is 11.6 Å². The van der Waals surface area contributed by atoms with E-state index in [0.29, 0.717) is 33.4 Å². The van der Waals surface area contributed by atoms with Crippen molar-refractivity contribution in [1.29, 1.82) is 0 Å². The highest BCUT2D eigenvalue weighted by Gasteiger charge is 2.11. The van der Waals surface area contributed by atoms with Gasteiger partial charge in [-0.1, -0.05) is 17.5 Å². The van der Waals surface area contributed by atoms with Gasteiger partial charge in [-0.3, -0.25) is 9.20 Å². The fourth-order valence-electron chi connectivity index (χ4n) is 2.20. The molecule has 0 spiro atoms. The van der Waals surface area contributed by atoms with E-state index in [0.717, 1.165) is 0 Å². The standard InChI is InChI=1S/C18H12ClFN2O2S/c19-13-4-8-17-21-15(10-25-11-18(23)24)16(22(17)9-13)7-3-12-1-5-14(20)6-2-12/h1-2,4-6,8-9H,10-11H2,(H,23,24). The topological polar surface area (TPSA) is 54.6 Å². The minimum atomic E-state index is -0.879. The van der Waals surface area contributed by atoms with Crippen LogP contribution in [0.5, 0.6) is 0 Å². The molecule has 0 aliphatic carbocycles. The number of aromatic nitrogens is 2. The van der Waals surface area contributed by atoms with E-state index < -0.39 is 5.97 Å². The number of aliphatic carboxylic acids is 1. The molecule has 2 aromatic heterocycles. The summed E-state index contributed by atoms with van der Waals surface area (Å²) in [6.45, 7) is 0. The third-order valence-corrected chi connectivity index (χ3v) is 4.44. The zero-order valence-corrected chi connectivity index (χ0v) is 14.4. The van der Waals surface area contributed by atoms with E-state index in [1.54, 1.807) is 34.9 Å². The van der Waals surface area contributed by atoms with Gasteiger partial charge in [-0.15, -0.1) is 11.8 Å². The van der Waals surface area contributed by atoms with Crippen molar-refractivity contribution in [3.05, 3.63) is 70.4 Å². The molecule has 0 saturated heterocycles. The smallest absolute Gasteiger partial charge is 0.313 e. The van der Waals surface area contributed by atoms with Crippen LogP contribution >= 0.6 is 23.4 Å². The van der Waals surface area contributed by atoms with Gasteiger partial charge in [0.15, 0.2) is 0 Å². The second kappa shape index (κ2) is 7.60. The normalized spacial score (nSPS) is 10.5. The fraction of sp³-hybridized carbons (Fsp3) is 0.111. The van der Waals surface area contributed by atoms with Crippen LogP contribution in [-0.2, 0) is 10.5 Å². The summed E-state index contributed by atoms with van der Waals surface area (Å²) in [5, 5.41) is 9.33. The maximum atomic E-state index is 13.0. The third kappa shape index (κ3) is 4.32. The van der Waals surface area contributed by atoms with Crippen molar-refractivity contribution in [2.24, 2.45) is 0 Å². The molecule has 1 aromatic carbocycles. The van der Waals surface area contributed by atoms with Crippen LogP contribution in [0.3, 0.4) is 0 Å². The Hall–Kier alpha value is -2.49. The first-order valence-electron chi connectivity index (χ1n) is 7.26. The average molecular weight is 375 g/mol. The molecule has 0 amide bonds. The van der Waals surface area contributed by atoms with Gasteiger partial charge in [0.1, 0.15) is 17.2 Å². The highest BCUT2D eigenvalue weighted by Crippen LogP contribution is 2.20. The van der Waals surface area contributed by atoms with Gasteiger partial charge in [-0.05, 0) is 42.3 Å². The number of fused-ring (bicyclic) bond motifs is 1. The van der Waals surface area contributed by atoms with Crippen LogP contribution in [0.1, 0.15) is 17.0 Å². The number of carbonyl (C=O) groups is 1. The van der Waals surface area contributed by atoms with Crippen LogP contribution < -0.4 is 0 Å². The maximum absolute atomic E-state index is 13.0. The lowest BCUT2D eigenvalue weighted by Gasteiger charge is -1.98. The Morgan fingerprint density at radius 3 is 2.72 bits per heavy atom. The van der Waals surface area contributed by atoms with E-state index >= 15 is 0 Å². The first-order valence-corrected chi connectivity index (χ1v) is 8.80. The monoisotopic (exact) mass is 374 g/mol. The third-order valence-electron chi connectivity index (χ3n) is 3.29. The molecule has 7 heteroatoms. The molecular formula is C18H12ClFN2O2S. The fourth-order valence-corrected chi connectivity index (χ4v) is 3.03. The molecule has 2 heterocycles. The van der Waals surface area contributed by atoms with Crippen molar-refractivity contribution >= 4 is 35.0 Å². The van der Waals surface area contributed by atoms with Gasteiger partial charge in [-0.2, -0.15) is 0 Å². The summed E-state index contributed by atoms with van der Waals surface area (Å²) in [7, 11) is 0. The molecule has 1 N–H and O–H groups in total. The van der Waals surface area contributed by atoms with Crippen molar-refractivity contribution in [3.8, 4) is 11.8 Å². The Morgan fingerprint density at radius 1 is 1.24 bits per heavy atom. The van der Waals surface area contributed by atoms with E-state index in [9.17, 15) is 9.18 Å². The number of rotatable bonds is 4. The van der Waals surface area contributed by atoms with E-state index in [1.807, 2.05) is 0 Å². The van der Waals surface area contributed by atoms with E-state index in [4.69, 9.17) is 16.7 Å². The quantitative estimate of drug-likeness (QED) is 0.705. The predicted molar refractivity (Wildman–Crippen MR) is 96.4 cm³/mol.